The fourth-order valence-electron chi connectivity index (χ4n) is 4.32. The van der Waals surface area contributed by atoms with Crippen LogP contribution in [-0.4, -0.2) is 52.1 Å². The number of halogens is 4. The lowest BCUT2D eigenvalue weighted by molar-refractivity contribution is -0.133. The fourth-order valence-corrected chi connectivity index (χ4v) is 4.62. The first-order chi connectivity index (χ1) is 15.6. The molecule has 7 nitrogen and oxygen atoms in total. The molecule has 4 rings (SSSR count). The van der Waals surface area contributed by atoms with Crippen molar-refractivity contribution in [2.75, 3.05) is 4.90 Å². The van der Waals surface area contributed by atoms with Gasteiger partial charge in [-0.25, -0.2) is 13.2 Å². The van der Waals surface area contributed by atoms with Crippen molar-refractivity contribution in [2.45, 2.75) is 55.1 Å². The van der Waals surface area contributed by atoms with Crippen LogP contribution in [-0.2, 0) is 14.4 Å². The van der Waals surface area contributed by atoms with E-state index in [1.807, 2.05) is 0 Å². The Morgan fingerprint density at radius 3 is 2.58 bits per heavy atom. The van der Waals surface area contributed by atoms with Gasteiger partial charge in [-0.05, 0) is 6.42 Å². The molecular formula is C22H22ClF3N4O3. The molecule has 2 aliphatic carbocycles. The van der Waals surface area contributed by atoms with Crippen molar-refractivity contribution in [3.8, 4) is 0 Å². The summed E-state index contributed by atoms with van der Waals surface area (Å²) in [4.78, 5) is 43.6. The lowest BCUT2D eigenvalue weighted by Crippen LogP contribution is -2.61. The molecule has 11 heteroatoms. The van der Waals surface area contributed by atoms with Gasteiger partial charge in [0.25, 0.3) is 5.92 Å². The Morgan fingerprint density at radius 2 is 1.97 bits per heavy atom. The van der Waals surface area contributed by atoms with E-state index in [4.69, 9.17) is 11.6 Å². The number of pyridine rings is 1. The van der Waals surface area contributed by atoms with Crippen molar-refractivity contribution in [1.29, 1.82) is 0 Å². The third-order valence-corrected chi connectivity index (χ3v) is 6.39. The van der Waals surface area contributed by atoms with E-state index >= 15 is 0 Å². The van der Waals surface area contributed by atoms with E-state index in [-0.39, 0.29) is 24.4 Å². The zero-order chi connectivity index (χ0) is 23.8. The van der Waals surface area contributed by atoms with Crippen LogP contribution in [0.15, 0.2) is 42.8 Å². The van der Waals surface area contributed by atoms with Gasteiger partial charge in [0.05, 0.1) is 23.5 Å². The minimum Gasteiger partial charge on any atom is -0.351 e. The zero-order valence-electron chi connectivity index (χ0n) is 17.4. The van der Waals surface area contributed by atoms with Crippen LogP contribution in [0.25, 0.3) is 0 Å². The van der Waals surface area contributed by atoms with E-state index in [1.165, 1.54) is 6.20 Å². The van der Waals surface area contributed by atoms with Crippen LogP contribution in [0, 0.1) is 11.7 Å². The van der Waals surface area contributed by atoms with Gasteiger partial charge < -0.3 is 10.6 Å². The Morgan fingerprint density at radius 1 is 1.24 bits per heavy atom. The molecule has 2 unspecified atom stereocenters. The molecule has 33 heavy (non-hydrogen) atoms. The number of anilines is 1. The summed E-state index contributed by atoms with van der Waals surface area (Å²) in [6.45, 7) is 0. The second-order valence-corrected chi connectivity index (χ2v) is 8.94. The summed E-state index contributed by atoms with van der Waals surface area (Å²) in [5.41, 5.74) is -0.00735. The van der Waals surface area contributed by atoms with Crippen molar-refractivity contribution >= 4 is 35.0 Å². The summed E-state index contributed by atoms with van der Waals surface area (Å²) in [5, 5.41) is 4.43. The van der Waals surface area contributed by atoms with Crippen molar-refractivity contribution in [2.24, 2.45) is 5.92 Å². The summed E-state index contributed by atoms with van der Waals surface area (Å²) in [6, 6.07) is -1.94. The van der Waals surface area contributed by atoms with Gasteiger partial charge >= 0.3 is 0 Å². The molecule has 1 aliphatic heterocycles. The Kier molecular flexibility index (Phi) is 6.47. The second kappa shape index (κ2) is 9.17. The Labute approximate surface area is 193 Å². The number of carbonyl (C=O) groups is 3. The number of nitrogens with zero attached hydrogens (tertiary/aromatic N) is 2. The average molecular weight is 483 g/mol. The molecule has 3 amide bonds. The Balaban J connectivity index is 1.72. The summed E-state index contributed by atoms with van der Waals surface area (Å²) >= 11 is 6.47. The van der Waals surface area contributed by atoms with Gasteiger partial charge in [0.1, 0.15) is 17.9 Å². The minimum atomic E-state index is -2.86. The number of rotatable bonds is 6. The van der Waals surface area contributed by atoms with Crippen LogP contribution in [0.5, 0.6) is 0 Å². The van der Waals surface area contributed by atoms with Crippen LogP contribution in [0.4, 0.5) is 18.9 Å². The van der Waals surface area contributed by atoms with E-state index < -0.39 is 65.8 Å². The molecule has 1 saturated heterocycles. The first-order valence-electron chi connectivity index (χ1n) is 10.5. The largest absolute Gasteiger partial charge is 0.351 e. The number of alkyl halides is 3. The van der Waals surface area contributed by atoms with Gasteiger partial charge in [-0.15, -0.1) is 11.6 Å². The first kappa shape index (κ1) is 23.3. The topological polar surface area (TPSA) is 91.4 Å². The molecule has 0 aromatic carbocycles. The number of nitrogens with one attached hydrogen (secondary N) is 2. The summed E-state index contributed by atoms with van der Waals surface area (Å²) in [5.74, 6) is -6.00. The number of hydrogen-bond donors (Lipinski definition) is 2. The van der Waals surface area contributed by atoms with Gasteiger partial charge in [0.2, 0.25) is 17.7 Å². The standard InChI is InChI=1S/C22H22ClF3N4O3/c23-16-4-2-1-3-15(16)19(20(32)28-13-8-22(25,26)9-13)30(14-7-12(24)10-27-11-14)21(33)17-5-6-18(31)29-17/h1-4,7,10-11,13,15-17,19H,5-6,8-9H2,(H,28,32)(H,29,31)/t15?,16?,17-,19-/m0/s1. The third-order valence-electron chi connectivity index (χ3n) is 5.95. The van der Waals surface area contributed by atoms with Gasteiger partial charge in [-0.3, -0.25) is 24.3 Å². The first-order valence-corrected chi connectivity index (χ1v) is 11.0. The van der Waals surface area contributed by atoms with Gasteiger partial charge in [-0.2, -0.15) is 0 Å². The quantitative estimate of drug-likeness (QED) is 0.609. The van der Waals surface area contributed by atoms with E-state index in [0.29, 0.717) is 0 Å². The van der Waals surface area contributed by atoms with Crippen molar-refractivity contribution in [3.63, 3.8) is 0 Å². The summed E-state index contributed by atoms with van der Waals surface area (Å²) < 4.78 is 40.8. The molecule has 1 aromatic heterocycles. The Bertz CT molecular complexity index is 1010. The molecule has 176 valence electrons. The van der Waals surface area contributed by atoms with Crippen LogP contribution in [0.1, 0.15) is 25.7 Å². The third kappa shape index (κ3) is 5.05. The molecule has 1 aromatic rings. The average Bonchev–Trinajstić information content (AvgIpc) is 3.17. The van der Waals surface area contributed by atoms with E-state index in [9.17, 15) is 27.6 Å². The number of amides is 3. The van der Waals surface area contributed by atoms with Gasteiger partial charge in [0.15, 0.2) is 0 Å². The molecule has 0 radical (unpaired) electrons. The normalized spacial score (nSPS) is 26.9. The molecule has 1 saturated carbocycles. The minimum absolute atomic E-state index is 0.00735. The maximum Gasteiger partial charge on any atom is 0.252 e. The highest BCUT2D eigenvalue weighted by atomic mass is 35.5. The van der Waals surface area contributed by atoms with Crippen molar-refractivity contribution in [1.82, 2.24) is 15.6 Å². The molecule has 4 atom stereocenters. The highest BCUT2D eigenvalue weighted by Gasteiger charge is 2.49. The predicted octanol–water partition coefficient (Wildman–Crippen LogP) is 2.46. The highest BCUT2D eigenvalue weighted by molar-refractivity contribution is 6.22. The maximum absolute atomic E-state index is 14.1. The number of hydrogen-bond acceptors (Lipinski definition) is 4. The molecule has 0 bridgehead atoms. The van der Waals surface area contributed by atoms with Crippen LogP contribution < -0.4 is 15.5 Å². The zero-order valence-corrected chi connectivity index (χ0v) is 18.1. The predicted molar refractivity (Wildman–Crippen MR) is 114 cm³/mol. The number of carbonyl (C=O) groups excluding carboxylic acids is 3. The summed E-state index contributed by atoms with van der Waals surface area (Å²) in [7, 11) is 0. The SMILES string of the molecule is O=C1CC[C@@H](C(=O)N(c2cncc(F)c2)[C@H](C(=O)NC2CC(F)(F)C2)C2C=CC=CC2Cl)N1. The molecule has 2 N–H and O–H groups in total. The summed E-state index contributed by atoms with van der Waals surface area (Å²) in [6.07, 6.45) is 8.09. The Hall–Kier alpha value is -2.88. The van der Waals surface area contributed by atoms with E-state index in [0.717, 1.165) is 17.2 Å². The van der Waals surface area contributed by atoms with E-state index in [2.05, 4.69) is 15.6 Å². The van der Waals surface area contributed by atoms with E-state index in [1.54, 1.807) is 24.3 Å². The lowest BCUT2D eigenvalue weighted by Gasteiger charge is -2.41. The van der Waals surface area contributed by atoms with Gasteiger partial charge in [-0.1, -0.05) is 24.3 Å². The smallest absolute Gasteiger partial charge is 0.252 e. The number of aromatic nitrogens is 1. The second-order valence-electron chi connectivity index (χ2n) is 8.43. The number of allylic oxidation sites excluding steroid dienone is 3. The van der Waals surface area contributed by atoms with Crippen LogP contribution in [0.3, 0.4) is 0 Å². The molecular weight excluding hydrogens is 461 g/mol. The molecule has 0 spiro atoms. The lowest BCUT2D eigenvalue weighted by atomic mass is 9.86. The van der Waals surface area contributed by atoms with Crippen LogP contribution in [0.2, 0.25) is 0 Å². The van der Waals surface area contributed by atoms with Crippen molar-refractivity contribution < 1.29 is 27.6 Å². The molecule has 2 fully saturated rings. The van der Waals surface area contributed by atoms with Crippen LogP contribution >= 0.6 is 11.6 Å². The molecule has 3 aliphatic rings. The maximum atomic E-state index is 14.1. The monoisotopic (exact) mass is 482 g/mol. The highest BCUT2D eigenvalue weighted by Crippen LogP contribution is 2.38. The fraction of sp³-hybridized carbons (Fsp3) is 0.455. The van der Waals surface area contributed by atoms with Crippen molar-refractivity contribution in [3.05, 3.63) is 48.6 Å². The van der Waals surface area contributed by atoms with Gasteiger partial charge in [0, 0.05) is 37.3 Å². The molecule has 2 heterocycles.